The monoisotopic (exact) mass is 353 g/mol. The number of nitrogens with one attached hydrogen (secondary N) is 1. The summed E-state index contributed by atoms with van der Waals surface area (Å²) in [6.07, 6.45) is 2.45. The Hall–Kier alpha value is -1.07. The van der Waals surface area contributed by atoms with Gasteiger partial charge >= 0.3 is 0 Å². The van der Waals surface area contributed by atoms with Gasteiger partial charge in [-0.25, -0.2) is 0 Å². The second kappa shape index (κ2) is 7.27. The summed E-state index contributed by atoms with van der Waals surface area (Å²) < 4.78 is 0.968. The first-order valence-electron chi connectivity index (χ1n) is 7.55. The van der Waals surface area contributed by atoms with E-state index in [0.29, 0.717) is 17.5 Å². The highest BCUT2D eigenvalue weighted by Gasteiger charge is 2.22. The molecule has 0 aromatic heterocycles. The van der Waals surface area contributed by atoms with Gasteiger partial charge in [0.15, 0.2) is 0 Å². The van der Waals surface area contributed by atoms with Crippen LogP contribution in [0, 0.1) is 5.92 Å². The Balaban J connectivity index is 2.28. The van der Waals surface area contributed by atoms with Gasteiger partial charge in [-0.15, -0.1) is 0 Å². The van der Waals surface area contributed by atoms with Crippen molar-refractivity contribution in [3.63, 3.8) is 0 Å². The maximum atomic E-state index is 11.7. The molecule has 116 valence electrons. The number of rotatable bonds is 5. The summed E-state index contributed by atoms with van der Waals surface area (Å²) in [7, 11) is 0. The molecule has 0 spiro atoms. The van der Waals surface area contributed by atoms with Crippen LogP contribution in [0.1, 0.15) is 37.0 Å². The standard InChI is InChI=1S/C16H24BrN3O/c1-11(2)20(10-12-4-3-7-19-9-12)15-8-13(17)5-6-14(15)16(18)21/h5-6,8,11-12,19H,3-4,7,9-10H2,1-2H3,(H2,18,21). The number of hydrogen-bond donors (Lipinski definition) is 2. The highest BCUT2D eigenvalue weighted by molar-refractivity contribution is 9.10. The van der Waals surface area contributed by atoms with Crippen LogP contribution in [0.25, 0.3) is 0 Å². The van der Waals surface area contributed by atoms with Gasteiger partial charge in [-0.3, -0.25) is 4.79 Å². The number of carbonyl (C=O) groups is 1. The summed E-state index contributed by atoms with van der Waals surface area (Å²) in [5.41, 5.74) is 7.06. The van der Waals surface area contributed by atoms with E-state index in [1.54, 1.807) is 6.07 Å². The Morgan fingerprint density at radius 1 is 1.52 bits per heavy atom. The predicted octanol–water partition coefficient (Wildman–Crippen LogP) is 2.76. The van der Waals surface area contributed by atoms with Crippen LogP contribution in [-0.2, 0) is 0 Å². The average molecular weight is 354 g/mol. The number of primary amides is 1. The number of piperidine rings is 1. The molecule has 1 fully saturated rings. The first-order chi connectivity index (χ1) is 9.99. The highest BCUT2D eigenvalue weighted by atomic mass is 79.9. The maximum Gasteiger partial charge on any atom is 0.250 e. The molecule has 5 heteroatoms. The van der Waals surface area contributed by atoms with E-state index in [4.69, 9.17) is 5.73 Å². The fourth-order valence-corrected chi connectivity index (χ4v) is 3.25. The molecule has 0 aliphatic carbocycles. The summed E-state index contributed by atoms with van der Waals surface area (Å²) in [6.45, 7) is 7.41. The van der Waals surface area contributed by atoms with Crippen molar-refractivity contribution in [1.82, 2.24) is 5.32 Å². The average Bonchev–Trinajstić information content (AvgIpc) is 2.45. The first-order valence-corrected chi connectivity index (χ1v) is 8.35. The minimum atomic E-state index is -0.370. The predicted molar refractivity (Wildman–Crippen MR) is 90.7 cm³/mol. The van der Waals surface area contributed by atoms with Gasteiger partial charge in [-0.2, -0.15) is 0 Å². The Kier molecular flexibility index (Phi) is 5.65. The zero-order chi connectivity index (χ0) is 15.4. The minimum Gasteiger partial charge on any atom is -0.368 e. The maximum absolute atomic E-state index is 11.7. The highest BCUT2D eigenvalue weighted by Crippen LogP contribution is 2.28. The molecule has 0 radical (unpaired) electrons. The number of hydrogen-bond acceptors (Lipinski definition) is 3. The van der Waals surface area contributed by atoms with E-state index in [2.05, 4.69) is 40.0 Å². The Labute approximate surface area is 135 Å². The lowest BCUT2D eigenvalue weighted by atomic mass is 9.97. The van der Waals surface area contributed by atoms with Crippen LogP contribution >= 0.6 is 15.9 Å². The number of halogens is 1. The van der Waals surface area contributed by atoms with Crippen LogP contribution < -0.4 is 16.0 Å². The van der Waals surface area contributed by atoms with E-state index in [9.17, 15) is 4.79 Å². The molecule has 1 aliphatic heterocycles. The van der Waals surface area contributed by atoms with Gasteiger partial charge in [0.1, 0.15) is 0 Å². The van der Waals surface area contributed by atoms with Gasteiger partial charge in [0.25, 0.3) is 5.91 Å². The summed E-state index contributed by atoms with van der Waals surface area (Å²) in [5, 5.41) is 3.45. The van der Waals surface area contributed by atoms with Crippen LogP contribution in [0.5, 0.6) is 0 Å². The third-order valence-electron chi connectivity index (χ3n) is 4.01. The summed E-state index contributed by atoms with van der Waals surface area (Å²) in [4.78, 5) is 14.0. The van der Waals surface area contributed by atoms with E-state index in [1.165, 1.54) is 12.8 Å². The zero-order valence-corrected chi connectivity index (χ0v) is 14.3. The van der Waals surface area contributed by atoms with E-state index in [1.807, 2.05) is 12.1 Å². The lowest BCUT2D eigenvalue weighted by molar-refractivity contribution is 0.100. The summed E-state index contributed by atoms with van der Waals surface area (Å²) in [5.74, 6) is 0.241. The zero-order valence-electron chi connectivity index (χ0n) is 12.7. The normalized spacial score (nSPS) is 18.8. The molecule has 0 bridgehead atoms. The number of nitrogens with two attached hydrogens (primary N) is 1. The number of benzene rings is 1. The number of carbonyl (C=O) groups excluding carboxylic acids is 1. The van der Waals surface area contributed by atoms with Crippen molar-refractivity contribution in [2.45, 2.75) is 32.7 Å². The molecule has 21 heavy (non-hydrogen) atoms. The van der Waals surface area contributed by atoms with Crippen LogP contribution in [-0.4, -0.2) is 31.6 Å². The van der Waals surface area contributed by atoms with E-state index in [0.717, 1.165) is 29.8 Å². The fraction of sp³-hybridized carbons (Fsp3) is 0.562. The lowest BCUT2D eigenvalue weighted by Crippen LogP contribution is -2.42. The molecule has 4 nitrogen and oxygen atoms in total. The van der Waals surface area contributed by atoms with E-state index >= 15 is 0 Å². The molecule has 1 saturated heterocycles. The Morgan fingerprint density at radius 2 is 2.29 bits per heavy atom. The third-order valence-corrected chi connectivity index (χ3v) is 4.51. The summed E-state index contributed by atoms with van der Waals surface area (Å²) in [6, 6.07) is 5.98. The molecule has 1 aromatic rings. The van der Waals surface area contributed by atoms with Gasteiger partial charge in [0, 0.05) is 17.1 Å². The second-order valence-electron chi connectivity index (χ2n) is 5.98. The molecule has 1 aliphatic rings. The van der Waals surface area contributed by atoms with E-state index < -0.39 is 0 Å². The van der Waals surface area contributed by atoms with Gasteiger partial charge in [-0.1, -0.05) is 15.9 Å². The molecule has 1 amide bonds. The van der Waals surface area contributed by atoms with Crippen LogP contribution in [0.15, 0.2) is 22.7 Å². The Morgan fingerprint density at radius 3 is 2.86 bits per heavy atom. The van der Waals surface area contributed by atoms with Crippen molar-refractivity contribution >= 4 is 27.5 Å². The van der Waals surface area contributed by atoms with Gasteiger partial charge in [0.05, 0.1) is 11.3 Å². The third kappa shape index (κ3) is 4.20. The minimum absolute atomic E-state index is 0.319. The largest absolute Gasteiger partial charge is 0.368 e. The molecule has 1 atom stereocenters. The van der Waals surface area contributed by atoms with Crippen molar-refractivity contribution in [3.8, 4) is 0 Å². The summed E-state index contributed by atoms with van der Waals surface area (Å²) >= 11 is 3.50. The number of amides is 1. The fourth-order valence-electron chi connectivity index (χ4n) is 2.90. The molecule has 0 saturated carbocycles. The van der Waals surface area contributed by atoms with Crippen molar-refractivity contribution in [2.75, 3.05) is 24.5 Å². The van der Waals surface area contributed by atoms with Crippen LogP contribution in [0.2, 0.25) is 0 Å². The van der Waals surface area contributed by atoms with Gasteiger partial charge in [-0.05, 0) is 63.9 Å². The molecular weight excluding hydrogens is 330 g/mol. The molecular formula is C16H24BrN3O. The second-order valence-corrected chi connectivity index (χ2v) is 6.90. The number of nitrogens with zero attached hydrogens (tertiary/aromatic N) is 1. The number of anilines is 1. The molecule has 1 unspecified atom stereocenters. The molecule has 1 aromatic carbocycles. The van der Waals surface area contributed by atoms with Crippen LogP contribution in [0.4, 0.5) is 5.69 Å². The van der Waals surface area contributed by atoms with Crippen molar-refractivity contribution in [1.29, 1.82) is 0 Å². The molecule has 1 heterocycles. The lowest BCUT2D eigenvalue weighted by Gasteiger charge is -2.35. The quantitative estimate of drug-likeness (QED) is 0.855. The van der Waals surface area contributed by atoms with Crippen LogP contribution in [0.3, 0.4) is 0 Å². The van der Waals surface area contributed by atoms with Crippen molar-refractivity contribution in [3.05, 3.63) is 28.2 Å². The van der Waals surface area contributed by atoms with Gasteiger partial charge in [0.2, 0.25) is 0 Å². The van der Waals surface area contributed by atoms with Crippen molar-refractivity contribution in [2.24, 2.45) is 11.7 Å². The smallest absolute Gasteiger partial charge is 0.250 e. The van der Waals surface area contributed by atoms with Gasteiger partial charge < -0.3 is 16.0 Å². The molecule has 2 rings (SSSR count). The molecule has 3 N–H and O–H groups in total. The Bertz CT molecular complexity index is 498. The van der Waals surface area contributed by atoms with Crippen molar-refractivity contribution < 1.29 is 4.79 Å². The SMILES string of the molecule is CC(C)N(CC1CCCNC1)c1cc(Br)ccc1C(N)=O. The first kappa shape index (κ1) is 16.3. The van der Waals surface area contributed by atoms with E-state index in [-0.39, 0.29) is 5.91 Å². The topological polar surface area (TPSA) is 58.4 Å².